The van der Waals surface area contributed by atoms with E-state index < -0.39 is 6.10 Å². The molecule has 3 nitrogen and oxygen atoms in total. The van der Waals surface area contributed by atoms with Gasteiger partial charge in [-0.2, -0.15) is 0 Å². The number of hydrogen-bond donors (Lipinski definition) is 1. The Balaban J connectivity index is 2.00. The summed E-state index contributed by atoms with van der Waals surface area (Å²) in [6.45, 7) is 9.60. The first-order valence-electron chi connectivity index (χ1n) is 7.19. The van der Waals surface area contributed by atoms with E-state index in [4.69, 9.17) is 4.74 Å². The van der Waals surface area contributed by atoms with Gasteiger partial charge in [0.05, 0.1) is 18.8 Å². The van der Waals surface area contributed by atoms with Crippen LogP contribution in [-0.2, 0) is 4.74 Å². The van der Waals surface area contributed by atoms with Gasteiger partial charge in [0.2, 0.25) is 0 Å². The van der Waals surface area contributed by atoms with E-state index in [1.807, 2.05) is 0 Å². The van der Waals surface area contributed by atoms with E-state index in [0.29, 0.717) is 12.6 Å². The van der Waals surface area contributed by atoms with E-state index >= 15 is 0 Å². The lowest BCUT2D eigenvalue weighted by atomic mass is 10.00. The maximum atomic E-state index is 10.5. The zero-order valence-electron chi connectivity index (χ0n) is 12.2. The Morgan fingerprint density at radius 3 is 2.95 bits per heavy atom. The van der Waals surface area contributed by atoms with Crippen molar-refractivity contribution in [1.82, 2.24) is 4.90 Å². The van der Waals surface area contributed by atoms with Gasteiger partial charge in [0.1, 0.15) is 0 Å². The average Bonchev–Trinajstić information content (AvgIpc) is 2.41. The Kier molecular flexibility index (Phi) is 4.97. The molecule has 0 bridgehead atoms. The van der Waals surface area contributed by atoms with Gasteiger partial charge < -0.3 is 9.84 Å². The molecule has 2 rings (SSSR count). The molecule has 106 valence electrons. The quantitative estimate of drug-likeness (QED) is 0.905. The molecule has 19 heavy (non-hydrogen) atoms. The summed E-state index contributed by atoms with van der Waals surface area (Å²) < 4.78 is 5.66. The number of hydrogen-bond acceptors (Lipinski definition) is 3. The van der Waals surface area contributed by atoms with E-state index in [2.05, 4.69) is 43.9 Å². The second kappa shape index (κ2) is 6.51. The van der Waals surface area contributed by atoms with Gasteiger partial charge in [0.25, 0.3) is 0 Å². The number of β-amino-alcohol motifs (C(OH)–C–C–N with tert-alkyl or cyclic N) is 1. The van der Waals surface area contributed by atoms with Crippen molar-refractivity contribution in [2.75, 3.05) is 26.2 Å². The number of aryl methyl sites for hydroxylation is 2. The van der Waals surface area contributed by atoms with E-state index in [1.165, 1.54) is 11.1 Å². The second-order valence-electron chi connectivity index (χ2n) is 5.54. The highest BCUT2D eigenvalue weighted by Crippen LogP contribution is 2.21. The van der Waals surface area contributed by atoms with Crippen LogP contribution in [0.3, 0.4) is 0 Å². The minimum Gasteiger partial charge on any atom is -0.387 e. The van der Waals surface area contributed by atoms with Crippen LogP contribution in [0.25, 0.3) is 0 Å². The van der Waals surface area contributed by atoms with Gasteiger partial charge in [-0.3, -0.25) is 4.90 Å². The molecule has 1 heterocycles. The highest BCUT2D eigenvalue weighted by molar-refractivity contribution is 5.32. The van der Waals surface area contributed by atoms with Crippen molar-refractivity contribution in [1.29, 1.82) is 0 Å². The van der Waals surface area contributed by atoms with Gasteiger partial charge in [0.15, 0.2) is 0 Å². The smallest absolute Gasteiger partial charge is 0.0919 e. The third-order valence-electron chi connectivity index (χ3n) is 3.90. The molecule has 0 amide bonds. The van der Waals surface area contributed by atoms with E-state index in [9.17, 15) is 5.11 Å². The predicted octanol–water partition coefficient (Wildman–Crippen LogP) is 2.45. The molecule has 1 fully saturated rings. The minimum atomic E-state index is -0.407. The monoisotopic (exact) mass is 263 g/mol. The number of morpholine rings is 1. The number of ether oxygens (including phenoxy) is 1. The molecule has 1 aliphatic heterocycles. The molecule has 0 radical (unpaired) electrons. The van der Waals surface area contributed by atoms with Crippen LogP contribution in [0.2, 0.25) is 0 Å². The number of nitrogens with zero attached hydrogens (tertiary/aromatic N) is 1. The fourth-order valence-electron chi connectivity index (χ4n) is 2.66. The summed E-state index contributed by atoms with van der Waals surface area (Å²) >= 11 is 0. The van der Waals surface area contributed by atoms with Crippen molar-refractivity contribution in [2.45, 2.75) is 39.4 Å². The first-order valence-corrected chi connectivity index (χ1v) is 7.19. The second-order valence-corrected chi connectivity index (χ2v) is 5.54. The van der Waals surface area contributed by atoms with Gasteiger partial charge in [-0.1, -0.05) is 30.7 Å². The molecule has 3 heteroatoms. The summed E-state index contributed by atoms with van der Waals surface area (Å²) in [5.74, 6) is 0. The Hall–Kier alpha value is -0.900. The minimum absolute atomic E-state index is 0.319. The van der Waals surface area contributed by atoms with Crippen molar-refractivity contribution < 1.29 is 9.84 Å². The molecule has 2 unspecified atom stereocenters. The van der Waals surface area contributed by atoms with Crippen LogP contribution >= 0.6 is 0 Å². The Morgan fingerprint density at radius 2 is 2.21 bits per heavy atom. The third kappa shape index (κ3) is 3.78. The molecule has 0 aromatic heterocycles. The first-order chi connectivity index (χ1) is 9.10. The highest BCUT2D eigenvalue weighted by atomic mass is 16.5. The van der Waals surface area contributed by atoms with Crippen LogP contribution in [0.4, 0.5) is 0 Å². The molecular weight excluding hydrogens is 238 g/mol. The Labute approximate surface area is 116 Å². The summed E-state index contributed by atoms with van der Waals surface area (Å²) in [6, 6.07) is 6.27. The van der Waals surface area contributed by atoms with Gasteiger partial charge in [-0.05, 0) is 31.4 Å². The number of benzene rings is 1. The van der Waals surface area contributed by atoms with E-state index in [-0.39, 0.29) is 0 Å². The summed E-state index contributed by atoms with van der Waals surface area (Å²) in [6.07, 6.45) is 0.950. The lowest BCUT2D eigenvalue weighted by molar-refractivity contribution is -0.0418. The molecule has 1 saturated heterocycles. The fraction of sp³-hybridized carbons (Fsp3) is 0.625. The molecular formula is C16H25NO2. The Bertz CT molecular complexity index is 419. The maximum Gasteiger partial charge on any atom is 0.0919 e. The third-order valence-corrected chi connectivity index (χ3v) is 3.90. The largest absolute Gasteiger partial charge is 0.387 e. The summed E-state index contributed by atoms with van der Waals surface area (Å²) in [5, 5.41) is 10.5. The van der Waals surface area contributed by atoms with Crippen LogP contribution in [0.5, 0.6) is 0 Å². The van der Waals surface area contributed by atoms with Gasteiger partial charge in [-0.15, -0.1) is 0 Å². The lowest BCUT2D eigenvalue weighted by Crippen LogP contribution is -2.43. The van der Waals surface area contributed by atoms with E-state index in [0.717, 1.165) is 31.7 Å². The Morgan fingerprint density at radius 1 is 1.42 bits per heavy atom. The summed E-state index contributed by atoms with van der Waals surface area (Å²) in [4.78, 5) is 2.31. The van der Waals surface area contributed by atoms with Gasteiger partial charge in [-0.25, -0.2) is 0 Å². The molecule has 1 N–H and O–H groups in total. The zero-order chi connectivity index (χ0) is 13.8. The molecule has 0 spiro atoms. The summed E-state index contributed by atoms with van der Waals surface area (Å²) in [7, 11) is 0. The normalized spacial score (nSPS) is 22.4. The molecule has 1 aliphatic rings. The van der Waals surface area contributed by atoms with Crippen molar-refractivity contribution >= 4 is 0 Å². The molecule has 0 aliphatic carbocycles. The van der Waals surface area contributed by atoms with Gasteiger partial charge >= 0.3 is 0 Å². The van der Waals surface area contributed by atoms with Crippen LogP contribution in [0.15, 0.2) is 18.2 Å². The molecule has 1 aromatic carbocycles. The topological polar surface area (TPSA) is 32.7 Å². The zero-order valence-corrected chi connectivity index (χ0v) is 12.2. The first kappa shape index (κ1) is 14.5. The number of aliphatic hydroxyl groups excluding tert-OH is 1. The van der Waals surface area contributed by atoms with Gasteiger partial charge in [0, 0.05) is 19.6 Å². The van der Waals surface area contributed by atoms with Crippen LogP contribution in [0, 0.1) is 13.8 Å². The molecule has 2 atom stereocenters. The highest BCUT2D eigenvalue weighted by Gasteiger charge is 2.22. The lowest BCUT2D eigenvalue weighted by Gasteiger charge is -2.34. The van der Waals surface area contributed by atoms with Crippen molar-refractivity contribution in [3.05, 3.63) is 34.9 Å². The summed E-state index contributed by atoms with van der Waals surface area (Å²) in [5.41, 5.74) is 3.42. The predicted molar refractivity (Wildman–Crippen MR) is 77.3 cm³/mol. The van der Waals surface area contributed by atoms with E-state index in [1.54, 1.807) is 0 Å². The fourth-order valence-corrected chi connectivity index (χ4v) is 2.66. The van der Waals surface area contributed by atoms with Crippen LogP contribution in [0.1, 0.15) is 36.1 Å². The average molecular weight is 263 g/mol. The molecule has 0 saturated carbocycles. The van der Waals surface area contributed by atoms with Crippen molar-refractivity contribution in [2.24, 2.45) is 0 Å². The maximum absolute atomic E-state index is 10.5. The standard InChI is InChI=1S/C16H25NO2/c1-4-14-10-17(7-8-19-14)11-16(18)15-9-12(2)5-6-13(15)3/h5-6,9,14,16,18H,4,7-8,10-11H2,1-3H3. The van der Waals surface area contributed by atoms with Crippen LogP contribution < -0.4 is 0 Å². The van der Waals surface area contributed by atoms with Crippen molar-refractivity contribution in [3.63, 3.8) is 0 Å². The van der Waals surface area contributed by atoms with Crippen molar-refractivity contribution in [3.8, 4) is 0 Å². The SMILES string of the molecule is CCC1CN(CC(O)c2cc(C)ccc2C)CCO1. The molecule has 1 aromatic rings. The number of aliphatic hydroxyl groups is 1. The van der Waals surface area contributed by atoms with Crippen LogP contribution in [-0.4, -0.2) is 42.4 Å². The number of rotatable bonds is 4.